The Morgan fingerprint density at radius 2 is 2.33 bits per heavy atom. The van der Waals surface area contributed by atoms with Gasteiger partial charge in [-0.3, -0.25) is 9.78 Å². The maximum Gasteiger partial charge on any atom is 0.250 e. The number of amides is 1. The number of hydrogen-bond acceptors (Lipinski definition) is 3. The number of carbonyl (C=O) groups excluding carboxylic acids is 1. The molecule has 0 radical (unpaired) electrons. The summed E-state index contributed by atoms with van der Waals surface area (Å²) >= 11 is 1.93. The molecule has 1 heterocycles. The van der Waals surface area contributed by atoms with Crippen molar-refractivity contribution in [3.8, 4) is 0 Å². The van der Waals surface area contributed by atoms with Crippen LogP contribution in [0.4, 0.5) is 0 Å². The zero-order valence-electron chi connectivity index (χ0n) is 8.90. The standard InChI is InChI=1S/C11H16N2OS/c1-2-15-5-3-4-9-6-10(11(12)14)8-13-7-9/h6-8H,2-5H2,1H3,(H2,12,14). The number of hydrogen-bond donors (Lipinski definition) is 1. The first-order chi connectivity index (χ1) is 7.24. The number of nitrogens with zero attached hydrogens (tertiary/aromatic N) is 1. The summed E-state index contributed by atoms with van der Waals surface area (Å²) in [5.41, 5.74) is 6.76. The van der Waals surface area contributed by atoms with E-state index in [1.165, 1.54) is 6.20 Å². The number of rotatable bonds is 6. The summed E-state index contributed by atoms with van der Waals surface area (Å²) in [5, 5.41) is 0. The molecule has 0 bridgehead atoms. The van der Waals surface area contributed by atoms with Gasteiger partial charge in [0, 0.05) is 12.4 Å². The van der Waals surface area contributed by atoms with Crippen LogP contribution in [0.25, 0.3) is 0 Å². The Morgan fingerprint density at radius 3 is 3.00 bits per heavy atom. The Bertz CT molecular complexity index is 328. The smallest absolute Gasteiger partial charge is 0.250 e. The number of aromatic nitrogens is 1. The van der Waals surface area contributed by atoms with Crippen molar-refractivity contribution < 1.29 is 4.79 Å². The zero-order valence-corrected chi connectivity index (χ0v) is 9.72. The molecule has 0 saturated carbocycles. The van der Waals surface area contributed by atoms with Gasteiger partial charge in [0.25, 0.3) is 0 Å². The van der Waals surface area contributed by atoms with Crippen LogP contribution in [-0.2, 0) is 6.42 Å². The summed E-state index contributed by atoms with van der Waals surface area (Å²) in [4.78, 5) is 14.9. The molecule has 0 aliphatic rings. The molecule has 3 nitrogen and oxygen atoms in total. The van der Waals surface area contributed by atoms with Crippen molar-refractivity contribution in [2.45, 2.75) is 19.8 Å². The molecule has 0 unspecified atom stereocenters. The molecule has 1 rings (SSSR count). The van der Waals surface area contributed by atoms with Gasteiger partial charge in [-0.05, 0) is 36.0 Å². The van der Waals surface area contributed by atoms with E-state index in [0.717, 1.165) is 29.9 Å². The van der Waals surface area contributed by atoms with Gasteiger partial charge in [-0.1, -0.05) is 6.92 Å². The summed E-state index contributed by atoms with van der Waals surface area (Å²) in [6.45, 7) is 2.15. The van der Waals surface area contributed by atoms with E-state index in [-0.39, 0.29) is 0 Å². The maximum atomic E-state index is 10.9. The summed E-state index contributed by atoms with van der Waals surface area (Å²) < 4.78 is 0. The number of aryl methyl sites for hydroxylation is 1. The van der Waals surface area contributed by atoms with Gasteiger partial charge >= 0.3 is 0 Å². The molecular formula is C11H16N2OS. The van der Waals surface area contributed by atoms with Gasteiger partial charge in [-0.2, -0.15) is 11.8 Å². The minimum absolute atomic E-state index is 0.410. The second kappa shape index (κ2) is 6.45. The number of pyridine rings is 1. The quantitative estimate of drug-likeness (QED) is 0.750. The topological polar surface area (TPSA) is 56.0 Å². The first-order valence-corrected chi connectivity index (χ1v) is 6.21. The van der Waals surface area contributed by atoms with Crippen LogP contribution in [0.3, 0.4) is 0 Å². The minimum atomic E-state index is -0.410. The second-order valence-corrected chi connectivity index (χ2v) is 4.64. The van der Waals surface area contributed by atoms with Crippen molar-refractivity contribution >= 4 is 17.7 Å². The van der Waals surface area contributed by atoms with E-state index in [4.69, 9.17) is 5.73 Å². The molecule has 15 heavy (non-hydrogen) atoms. The van der Waals surface area contributed by atoms with Gasteiger partial charge in [-0.15, -0.1) is 0 Å². The molecule has 0 aromatic carbocycles. The van der Waals surface area contributed by atoms with Gasteiger partial charge in [0.05, 0.1) is 5.56 Å². The lowest BCUT2D eigenvalue weighted by molar-refractivity contribution is 0.1000. The summed E-state index contributed by atoms with van der Waals surface area (Å²) in [7, 11) is 0. The molecule has 2 N–H and O–H groups in total. The van der Waals surface area contributed by atoms with E-state index in [2.05, 4.69) is 11.9 Å². The van der Waals surface area contributed by atoms with Crippen molar-refractivity contribution in [3.63, 3.8) is 0 Å². The van der Waals surface area contributed by atoms with Gasteiger partial charge in [0.2, 0.25) is 5.91 Å². The highest BCUT2D eigenvalue weighted by atomic mass is 32.2. The first-order valence-electron chi connectivity index (χ1n) is 5.05. The SMILES string of the molecule is CCSCCCc1cncc(C(N)=O)c1. The lowest BCUT2D eigenvalue weighted by Crippen LogP contribution is -2.11. The molecule has 82 valence electrons. The summed E-state index contributed by atoms with van der Waals surface area (Å²) in [5.74, 6) is 1.89. The molecule has 0 saturated heterocycles. The Labute approximate surface area is 94.5 Å². The second-order valence-electron chi connectivity index (χ2n) is 3.25. The van der Waals surface area contributed by atoms with Crippen LogP contribution in [0, 0.1) is 0 Å². The molecule has 0 aliphatic carbocycles. The van der Waals surface area contributed by atoms with E-state index >= 15 is 0 Å². The lowest BCUT2D eigenvalue weighted by Gasteiger charge is -2.02. The predicted octanol–water partition coefficient (Wildman–Crippen LogP) is 1.87. The number of thioether (sulfide) groups is 1. The highest BCUT2D eigenvalue weighted by molar-refractivity contribution is 7.99. The Balaban J connectivity index is 2.47. The Kier molecular flexibility index (Phi) is 5.18. The average molecular weight is 224 g/mol. The fraction of sp³-hybridized carbons (Fsp3) is 0.455. The highest BCUT2D eigenvalue weighted by Gasteiger charge is 2.01. The van der Waals surface area contributed by atoms with Crippen LogP contribution in [0.2, 0.25) is 0 Å². The van der Waals surface area contributed by atoms with Crippen molar-refractivity contribution in [2.24, 2.45) is 5.73 Å². The van der Waals surface area contributed by atoms with E-state index in [9.17, 15) is 4.79 Å². The summed E-state index contributed by atoms with van der Waals surface area (Å²) in [6.07, 6.45) is 5.37. The monoisotopic (exact) mass is 224 g/mol. The number of nitrogens with two attached hydrogens (primary N) is 1. The van der Waals surface area contributed by atoms with Crippen molar-refractivity contribution in [1.29, 1.82) is 0 Å². The molecule has 0 aliphatic heterocycles. The van der Waals surface area contributed by atoms with Crippen LogP contribution in [-0.4, -0.2) is 22.4 Å². The van der Waals surface area contributed by atoms with Gasteiger partial charge in [0.1, 0.15) is 0 Å². The fourth-order valence-electron chi connectivity index (χ4n) is 1.28. The number of primary amides is 1. The normalized spacial score (nSPS) is 10.2. The van der Waals surface area contributed by atoms with E-state index < -0.39 is 5.91 Å². The average Bonchev–Trinajstić information content (AvgIpc) is 2.25. The van der Waals surface area contributed by atoms with Crippen LogP contribution < -0.4 is 5.73 Å². The fourth-order valence-corrected chi connectivity index (χ4v) is 1.92. The maximum absolute atomic E-state index is 10.9. The lowest BCUT2D eigenvalue weighted by atomic mass is 10.1. The molecule has 0 spiro atoms. The molecular weight excluding hydrogens is 208 g/mol. The van der Waals surface area contributed by atoms with Gasteiger partial charge in [0.15, 0.2) is 0 Å². The van der Waals surface area contributed by atoms with Gasteiger partial charge in [-0.25, -0.2) is 0 Å². The van der Waals surface area contributed by atoms with Crippen LogP contribution in [0.5, 0.6) is 0 Å². The molecule has 4 heteroatoms. The number of carbonyl (C=O) groups is 1. The molecule has 1 aromatic rings. The van der Waals surface area contributed by atoms with Gasteiger partial charge < -0.3 is 5.73 Å². The van der Waals surface area contributed by atoms with E-state index in [0.29, 0.717) is 5.56 Å². The van der Waals surface area contributed by atoms with Crippen LogP contribution >= 0.6 is 11.8 Å². The van der Waals surface area contributed by atoms with Crippen LogP contribution in [0.15, 0.2) is 18.5 Å². The van der Waals surface area contributed by atoms with Crippen LogP contribution in [0.1, 0.15) is 29.3 Å². The van der Waals surface area contributed by atoms with E-state index in [1.54, 1.807) is 6.20 Å². The molecule has 1 amide bonds. The van der Waals surface area contributed by atoms with E-state index in [1.807, 2.05) is 17.8 Å². The third kappa shape index (κ3) is 4.34. The summed E-state index contributed by atoms with van der Waals surface area (Å²) in [6, 6.07) is 1.83. The zero-order chi connectivity index (χ0) is 11.1. The molecule has 0 fully saturated rings. The third-order valence-electron chi connectivity index (χ3n) is 2.04. The van der Waals surface area contributed by atoms with Crippen molar-refractivity contribution in [2.75, 3.05) is 11.5 Å². The van der Waals surface area contributed by atoms with Crippen molar-refractivity contribution in [1.82, 2.24) is 4.98 Å². The minimum Gasteiger partial charge on any atom is -0.366 e. The Morgan fingerprint density at radius 1 is 1.53 bits per heavy atom. The predicted molar refractivity (Wildman–Crippen MR) is 64.1 cm³/mol. The molecule has 1 aromatic heterocycles. The third-order valence-corrected chi connectivity index (χ3v) is 3.02. The van der Waals surface area contributed by atoms with Crippen molar-refractivity contribution in [3.05, 3.63) is 29.6 Å². The highest BCUT2D eigenvalue weighted by Crippen LogP contribution is 2.08. The molecule has 0 atom stereocenters. The largest absolute Gasteiger partial charge is 0.366 e. The first kappa shape index (κ1) is 12.0. The Hall–Kier alpha value is -1.03.